The van der Waals surface area contributed by atoms with Crippen molar-refractivity contribution in [2.24, 2.45) is 0 Å². The number of fused-ring (bicyclic) bond motifs is 2. The van der Waals surface area contributed by atoms with Crippen molar-refractivity contribution < 1.29 is 4.39 Å². The Morgan fingerprint density at radius 3 is 2.88 bits per heavy atom. The van der Waals surface area contributed by atoms with E-state index in [1.54, 1.807) is 18.3 Å². The lowest BCUT2D eigenvalue weighted by molar-refractivity contribution is 0.623. The molecule has 0 amide bonds. The van der Waals surface area contributed by atoms with Gasteiger partial charge >= 0.3 is 0 Å². The molecule has 0 spiro atoms. The zero-order valence-corrected chi connectivity index (χ0v) is 17.8. The molecule has 1 aromatic carbocycles. The summed E-state index contributed by atoms with van der Waals surface area (Å²) >= 11 is 0. The average Bonchev–Trinajstić information content (AvgIpc) is 2.83. The van der Waals surface area contributed by atoms with Gasteiger partial charge in [0, 0.05) is 40.5 Å². The molecule has 2 aliphatic rings. The van der Waals surface area contributed by atoms with E-state index in [4.69, 9.17) is 0 Å². The van der Waals surface area contributed by atoms with Crippen molar-refractivity contribution in [3.63, 3.8) is 0 Å². The third-order valence-corrected chi connectivity index (χ3v) is 6.09. The van der Waals surface area contributed by atoms with E-state index in [0.29, 0.717) is 16.8 Å². The number of anilines is 1. The monoisotopic (exact) mass is 420 g/mol. The fourth-order valence-electron chi connectivity index (χ4n) is 4.50. The summed E-state index contributed by atoms with van der Waals surface area (Å²) in [5.41, 5.74) is 8.12. The molecule has 32 heavy (non-hydrogen) atoms. The number of pyridine rings is 2. The molecule has 0 fully saturated rings. The fourth-order valence-corrected chi connectivity index (χ4v) is 4.50. The van der Waals surface area contributed by atoms with Gasteiger partial charge in [-0.05, 0) is 54.7 Å². The molecule has 3 aromatic rings. The number of aromatic nitrogens is 2. The summed E-state index contributed by atoms with van der Waals surface area (Å²) in [5, 5.41) is 9.66. The first-order valence-corrected chi connectivity index (χ1v) is 10.6. The SMILES string of the molecule is C=C1C(c2cccc(F)c2C#N)=CC2=C(CCc3cccnc32)N1c1cncc(CC)c1. The van der Waals surface area contributed by atoms with Crippen molar-refractivity contribution in [2.45, 2.75) is 26.2 Å². The number of halogens is 1. The van der Waals surface area contributed by atoms with E-state index in [-0.39, 0.29) is 5.56 Å². The molecule has 0 unspecified atom stereocenters. The van der Waals surface area contributed by atoms with Crippen molar-refractivity contribution in [3.05, 3.63) is 113 Å². The van der Waals surface area contributed by atoms with Gasteiger partial charge in [-0.3, -0.25) is 9.97 Å². The van der Waals surface area contributed by atoms with Gasteiger partial charge in [0.25, 0.3) is 0 Å². The number of nitrogens with zero attached hydrogens (tertiary/aromatic N) is 4. The molecule has 2 aromatic heterocycles. The highest BCUT2D eigenvalue weighted by Gasteiger charge is 2.32. The van der Waals surface area contributed by atoms with Gasteiger partial charge in [-0.25, -0.2) is 4.39 Å². The van der Waals surface area contributed by atoms with Crippen molar-refractivity contribution in [2.75, 3.05) is 4.90 Å². The van der Waals surface area contributed by atoms with Crippen LogP contribution in [0.25, 0.3) is 11.1 Å². The largest absolute Gasteiger partial charge is 0.312 e. The standard InChI is InChI=1S/C27H21FN4/c1-3-18-12-20(16-30-15-18)32-17(2)22(21-7-4-8-25(28)24(21)14-29)13-23-26(32)10-9-19-6-5-11-31-27(19)23/h4-8,11-13,15-16H,2-3,9-10H2,1H3. The minimum Gasteiger partial charge on any atom is -0.312 e. The van der Waals surface area contributed by atoms with E-state index in [0.717, 1.165) is 47.5 Å². The number of nitriles is 1. The molecule has 0 atom stereocenters. The maximum Gasteiger partial charge on any atom is 0.141 e. The molecule has 1 aliphatic carbocycles. The smallest absolute Gasteiger partial charge is 0.141 e. The summed E-state index contributed by atoms with van der Waals surface area (Å²) in [6.07, 6.45) is 10.0. The summed E-state index contributed by atoms with van der Waals surface area (Å²) in [4.78, 5) is 11.2. The van der Waals surface area contributed by atoms with E-state index in [2.05, 4.69) is 40.5 Å². The van der Waals surface area contributed by atoms with E-state index >= 15 is 0 Å². The molecule has 5 rings (SSSR count). The molecule has 156 valence electrons. The Morgan fingerprint density at radius 2 is 2.06 bits per heavy atom. The van der Waals surface area contributed by atoms with E-state index in [1.165, 1.54) is 11.6 Å². The lowest BCUT2D eigenvalue weighted by Gasteiger charge is -2.38. The van der Waals surface area contributed by atoms with Crippen LogP contribution >= 0.6 is 0 Å². The third-order valence-electron chi connectivity index (χ3n) is 6.09. The van der Waals surface area contributed by atoms with Crippen molar-refractivity contribution in [1.82, 2.24) is 9.97 Å². The molecule has 5 heteroatoms. The van der Waals surface area contributed by atoms with Crippen molar-refractivity contribution in [3.8, 4) is 6.07 Å². The first-order chi connectivity index (χ1) is 15.6. The normalized spacial score (nSPS) is 15.1. The first kappa shape index (κ1) is 19.9. The summed E-state index contributed by atoms with van der Waals surface area (Å²) in [7, 11) is 0. The van der Waals surface area contributed by atoms with Crippen LogP contribution in [0.15, 0.2) is 79.0 Å². The molecule has 1 aliphatic heterocycles. The lowest BCUT2D eigenvalue weighted by Crippen LogP contribution is -2.29. The summed E-state index contributed by atoms with van der Waals surface area (Å²) in [6, 6.07) is 12.9. The topological polar surface area (TPSA) is 52.8 Å². The number of rotatable bonds is 3. The third kappa shape index (κ3) is 3.12. The Balaban J connectivity index is 1.78. The highest BCUT2D eigenvalue weighted by Crippen LogP contribution is 2.45. The Kier molecular flexibility index (Phi) is 4.91. The maximum atomic E-state index is 14.5. The van der Waals surface area contributed by atoms with Crippen LogP contribution in [0.5, 0.6) is 0 Å². The highest BCUT2D eigenvalue weighted by atomic mass is 19.1. The van der Waals surface area contributed by atoms with Gasteiger partial charge in [0.1, 0.15) is 11.9 Å². The number of hydrogen-bond acceptors (Lipinski definition) is 4. The fraction of sp³-hybridized carbons (Fsp3) is 0.148. The Labute approximate surface area is 186 Å². The summed E-state index contributed by atoms with van der Waals surface area (Å²) in [5.74, 6) is -0.540. The van der Waals surface area contributed by atoms with Gasteiger partial charge in [-0.1, -0.05) is 31.7 Å². The van der Waals surface area contributed by atoms with Crippen molar-refractivity contribution in [1.29, 1.82) is 5.26 Å². The van der Waals surface area contributed by atoms with Crippen molar-refractivity contribution >= 4 is 16.8 Å². The minimum absolute atomic E-state index is 0.0152. The van der Waals surface area contributed by atoms with Gasteiger partial charge in [0.2, 0.25) is 0 Å². The van der Waals surface area contributed by atoms with Gasteiger partial charge in [0.05, 0.1) is 23.1 Å². The molecule has 4 nitrogen and oxygen atoms in total. The molecule has 0 saturated carbocycles. The molecule has 3 heterocycles. The van der Waals surface area contributed by atoms with Gasteiger partial charge in [-0.2, -0.15) is 5.26 Å². The van der Waals surface area contributed by atoms with Crippen LogP contribution < -0.4 is 4.90 Å². The Bertz CT molecular complexity index is 1360. The quantitative estimate of drug-likeness (QED) is 0.535. The lowest BCUT2D eigenvalue weighted by atomic mass is 9.84. The average molecular weight is 420 g/mol. The summed E-state index contributed by atoms with van der Waals surface area (Å²) < 4.78 is 14.5. The molecule has 0 saturated heterocycles. The van der Waals surface area contributed by atoms with E-state index in [1.807, 2.05) is 30.6 Å². The van der Waals surface area contributed by atoms with E-state index in [9.17, 15) is 9.65 Å². The molecule has 0 radical (unpaired) electrons. The number of allylic oxidation sites excluding steroid dienone is 4. The van der Waals surface area contributed by atoms with Crippen LogP contribution in [0.1, 0.15) is 41.3 Å². The highest BCUT2D eigenvalue weighted by molar-refractivity contribution is 5.99. The Morgan fingerprint density at radius 1 is 1.19 bits per heavy atom. The van der Waals surface area contributed by atoms with Crippen LogP contribution in [0.3, 0.4) is 0 Å². The van der Waals surface area contributed by atoms with Crippen LogP contribution in [-0.4, -0.2) is 9.97 Å². The predicted octanol–water partition coefficient (Wildman–Crippen LogP) is 5.82. The Hall–Kier alpha value is -4.04. The van der Waals surface area contributed by atoms with Crippen LogP contribution in [-0.2, 0) is 12.8 Å². The number of benzene rings is 1. The van der Waals surface area contributed by atoms with Gasteiger partial charge < -0.3 is 4.90 Å². The van der Waals surface area contributed by atoms with Crippen LogP contribution in [0, 0.1) is 17.1 Å². The molecule has 0 N–H and O–H groups in total. The van der Waals surface area contributed by atoms with Gasteiger partial charge in [0.15, 0.2) is 0 Å². The zero-order chi connectivity index (χ0) is 22.2. The van der Waals surface area contributed by atoms with Gasteiger partial charge in [-0.15, -0.1) is 0 Å². The summed E-state index contributed by atoms with van der Waals surface area (Å²) in [6.45, 7) is 6.47. The molecular weight excluding hydrogens is 399 g/mol. The zero-order valence-electron chi connectivity index (χ0n) is 17.8. The predicted molar refractivity (Wildman–Crippen MR) is 124 cm³/mol. The molecular formula is C27H21FN4. The van der Waals surface area contributed by atoms with Crippen LogP contribution in [0.4, 0.5) is 10.1 Å². The van der Waals surface area contributed by atoms with Crippen LogP contribution in [0.2, 0.25) is 0 Å². The maximum absolute atomic E-state index is 14.5. The second-order valence-corrected chi connectivity index (χ2v) is 7.89. The van der Waals surface area contributed by atoms with E-state index < -0.39 is 5.82 Å². The molecule has 0 bridgehead atoms. The second-order valence-electron chi connectivity index (χ2n) is 7.89. The number of aryl methyl sites for hydroxylation is 2. The minimum atomic E-state index is -0.540. The first-order valence-electron chi connectivity index (χ1n) is 10.6. The number of hydrogen-bond donors (Lipinski definition) is 0. The second kappa shape index (κ2) is 7.90.